The van der Waals surface area contributed by atoms with E-state index >= 15 is 0 Å². The summed E-state index contributed by atoms with van der Waals surface area (Å²) in [7, 11) is -1.52. The SMILES string of the molecule is C=CCOc1cccc(CN(C)C(=O)c2ccc(N3CCCCS3(=O)=O)cc2)c1. The molecule has 1 amide bonds. The molecule has 1 aliphatic rings. The lowest BCUT2D eigenvalue weighted by atomic mass is 10.1. The first-order valence-electron chi connectivity index (χ1n) is 9.59. The topological polar surface area (TPSA) is 66.9 Å². The Hall–Kier alpha value is -2.80. The second kappa shape index (κ2) is 9.13. The predicted octanol–water partition coefficient (Wildman–Crippen LogP) is 3.45. The third kappa shape index (κ3) is 5.17. The van der Waals surface area contributed by atoms with Crippen molar-refractivity contribution < 1.29 is 17.9 Å². The number of rotatable bonds is 7. The fourth-order valence-electron chi connectivity index (χ4n) is 3.30. The van der Waals surface area contributed by atoms with E-state index in [1.165, 1.54) is 4.31 Å². The lowest BCUT2D eigenvalue weighted by Gasteiger charge is -2.28. The Morgan fingerprint density at radius 2 is 1.97 bits per heavy atom. The van der Waals surface area contributed by atoms with Gasteiger partial charge in [-0.1, -0.05) is 24.8 Å². The number of benzene rings is 2. The van der Waals surface area contributed by atoms with E-state index in [9.17, 15) is 13.2 Å². The third-order valence-corrected chi connectivity index (χ3v) is 6.65. The van der Waals surface area contributed by atoms with Crippen LogP contribution in [0, 0.1) is 0 Å². The van der Waals surface area contributed by atoms with Gasteiger partial charge in [0.1, 0.15) is 12.4 Å². The lowest BCUT2D eigenvalue weighted by Crippen LogP contribution is -2.37. The average Bonchev–Trinajstić information content (AvgIpc) is 2.72. The molecule has 0 aliphatic carbocycles. The van der Waals surface area contributed by atoms with E-state index < -0.39 is 10.0 Å². The minimum Gasteiger partial charge on any atom is -0.490 e. The van der Waals surface area contributed by atoms with Crippen molar-refractivity contribution >= 4 is 21.6 Å². The molecular weight excluding hydrogens is 388 g/mol. The van der Waals surface area contributed by atoms with Gasteiger partial charge in [-0.3, -0.25) is 9.10 Å². The van der Waals surface area contributed by atoms with Gasteiger partial charge in [0.15, 0.2) is 0 Å². The molecule has 1 saturated heterocycles. The summed E-state index contributed by atoms with van der Waals surface area (Å²) in [6.07, 6.45) is 3.22. The van der Waals surface area contributed by atoms with Crippen molar-refractivity contribution in [2.75, 3.05) is 30.3 Å². The van der Waals surface area contributed by atoms with E-state index in [1.54, 1.807) is 42.3 Å². The molecule has 154 valence electrons. The third-order valence-electron chi connectivity index (χ3n) is 4.78. The van der Waals surface area contributed by atoms with Gasteiger partial charge in [-0.25, -0.2) is 8.42 Å². The first-order chi connectivity index (χ1) is 13.9. The Bertz CT molecular complexity index is 971. The summed E-state index contributed by atoms with van der Waals surface area (Å²) in [5, 5.41) is 0. The first kappa shape index (κ1) is 20.9. The molecule has 2 aromatic rings. The normalized spacial score (nSPS) is 15.6. The molecule has 0 aromatic heterocycles. The van der Waals surface area contributed by atoms with Crippen molar-refractivity contribution in [3.05, 3.63) is 72.3 Å². The molecule has 2 aromatic carbocycles. The van der Waals surface area contributed by atoms with Crippen molar-refractivity contribution in [2.45, 2.75) is 19.4 Å². The maximum atomic E-state index is 12.8. The number of amides is 1. The van der Waals surface area contributed by atoms with Crippen LogP contribution in [0.15, 0.2) is 61.2 Å². The highest BCUT2D eigenvalue weighted by atomic mass is 32.2. The molecule has 0 radical (unpaired) electrons. The van der Waals surface area contributed by atoms with Crippen molar-refractivity contribution in [3.8, 4) is 5.75 Å². The molecule has 0 N–H and O–H groups in total. The zero-order valence-electron chi connectivity index (χ0n) is 16.6. The smallest absolute Gasteiger partial charge is 0.253 e. The van der Waals surface area contributed by atoms with Crippen LogP contribution in [0.25, 0.3) is 0 Å². The van der Waals surface area contributed by atoms with E-state index in [4.69, 9.17) is 4.74 Å². The molecule has 1 aliphatic heterocycles. The Labute approximate surface area is 172 Å². The van der Waals surface area contributed by atoms with Gasteiger partial charge in [0.25, 0.3) is 5.91 Å². The Kier molecular flexibility index (Phi) is 6.59. The number of nitrogens with zero attached hydrogens (tertiary/aromatic N) is 2. The number of anilines is 1. The molecule has 1 fully saturated rings. The fourth-order valence-corrected chi connectivity index (χ4v) is 4.94. The van der Waals surface area contributed by atoms with E-state index in [2.05, 4.69) is 6.58 Å². The van der Waals surface area contributed by atoms with Crippen LogP contribution < -0.4 is 9.04 Å². The van der Waals surface area contributed by atoms with Gasteiger partial charge in [0.2, 0.25) is 10.0 Å². The van der Waals surface area contributed by atoms with Crippen LogP contribution in [0.1, 0.15) is 28.8 Å². The molecule has 1 heterocycles. The molecule has 0 bridgehead atoms. The molecular formula is C22H26N2O4S. The predicted molar refractivity (Wildman–Crippen MR) is 115 cm³/mol. The maximum absolute atomic E-state index is 12.8. The standard InChI is InChI=1S/C22H26N2O4S/c1-3-14-28-21-8-6-7-18(16-21)17-23(2)22(25)19-9-11-20(12-10-19)24-13-4-5-15-29(24,26)27/h3,6-12,16H,1,4-5,13-15,17H2,2H3. The van der Waals surface area contributed by atoms with Crippen LogP contribution in [0.3, 0.4) is 0 Å². The van der Waals surface area contributed by atoms with Gasteiger partial charge in [0.05, 0.1) is 11.4 Å². The Balaban J connectivity index is 1.68. The Morgan fingerprint density at radius 3 is 2.66 bits per heavy atom. The maximum Gasteiger partial charge on any atom is 0.253 e. The van der Waals surface area contributed by atoms with Crippen LogP contribution in [0.5, 0.6) is 5.75 Å². The monoisotopic (exact) mass is 414 g/mol. The van der Waals surface area contributed by atoms with E-state index in [-0.39, 0.29) is 11.7 Å². The van der Waals surface area contributed by atoms with Crippen molar-refractivity contribution in [3.63, 3.8) is 0 Å². The van der Waals surface area contributed by atoms with Crippen molar-refractivity contribution in [1.82, 2.24) is 4.90 Å². The lowest BCUT2D eigenvalue weighted by molar-refractivity contribution is 0.0785. The number of carbonyl (C=O) groups excluding carboxylic acids is 1. The number of ether oxygens (including phenoxy) is 1. The molecule has 7 heteroatoms. The van der Waals surface area contributed by atoms with Gasteiger partial charge in [-0.05, 0) is 54.8 Å². The second-order valence-corrected chi connectivity index (χ2v) is 9.06. The van der Waals surface area contributed by atoms with Gasteiger partial charge >= 0.3 is 0 Å². The summed E-state index contributed by atoms with van der Waals surface area (Å²) in [6, 6.07) is 14.4. The van der Waals surface area contributed by atoms with Crippen LogP contribution in [-0.2, 0) is 16.6 Å². The molecule has 29 heavy (non-hydrogen) atoms. The Morgan fingerprint density at radius 1 is 1.21 bits per heavy atom. The number of hydrogen-bond donors (Lipinski definition) is 0. The molecule has 3 rings (SSSR count). The summed E-state index contributed by atoms with van der Waals surface area (Å²) in [5.41, 5.74) is 2.08. The first-order valence-corrected chi connectivity index (χ1v) is 11.2. The van der Waals surface area contributed by atoms with Gasteiger partial charge in [-0.15, -0.1) is 0 Å². The molecule has 0 spiro atoms. The zero-order chi connectivity index (χ0) is 20.9. The van der Waals surface area contributed by atoms with E-state index in [0.717, 1.165) is 17.7 Å². The van der Waals surface area contributed by atoms with Crippen molar-refractivity contribution in [2.24, 2.45) is 0 Å². The van der Waals surface area contributed by atoms with E-state index in [0.29, 0.717) is 37.4 Å². The number of sulfonamides is 1. The van der Waals surface area contributed by atoms with Crippen LogP contribution in [0.2, 0.25) is 0 Å². The molecule has 0 unspecified atom stereocenters. The van der Waals surface area contributed by atoms with E-state index in [1.807, 2.05) is 24.3 Å². The minimum absolute atomic E-state index is 0.129. The summed E-state index contributed by atoms with van der Waals surface area (Å²) >= 11 is 0. The molecule has 0 saturated carbocycles. The summed E-state index contributed by atoms with van der Waals surface area (Å²) in [4.78, 5) is 14.4. The van der Waals surface area contributed by atoms with Crippen LogP contribution >= 0.6 is 0 Å². The van der Waals surface area contributed by atoms with Gasteiger partial charge in [0, 0.05) is 25.7 Å². The highest BCUT2D eigenvalue weighted by molar-refractivity contribution is 7.92. The largest absolute Gasteiger partial charge is 0.490 e. The number of hydrogen-bond acceptors (Lipinski definition) is 4. The summed E-state index contributed by atoms with van der Waals surface area (Å²) < 4.78 is 31.5. The quantitative estimate of drug-likeness (QED) is 0.651. The number of carbonyl (C=O) groups is 1. The highest BCUT2D eigenvalue weighted by Gasteiger charge is 2.26. The van der Waals surface area contributed by atoms with Gasteiger partial charge in [-0.2, -0.15) is 0 Å². The zero-order valence-corrected chi connectivity index (χ0v) is 17.4. The van der Waals surface area contributed by atoms with Crippen molar-refractivity contribution in [1.29, 1.82) is 0 Å². The van der Waals surface area contributed by atoms with Gasteiger partial charge < -0.3 is 9.64 Å². The summed E-state index contributed by atoms with van der Waals surface area (Å²) in [6.45, 7) is 4.98. The fraction of sp³-hybridized carbons (Fsp3) is 0.318. The van der Waals surface area contributed by atoms with Crippen LogP contribution in [0.4, 0.5) is 5.69 Å². The molecule has 0 atom stereocenters. The molecule has 6 nitrogen and oxygen atoms in total. The van der Waals surface area contributed by atoms with Crippen LogP contribution in [-0.4, -0.2) is 45.2 Å². The highest BCUT2D eigenvalue weighted by Crippen LogP contribution is 2.24. The summed E-state index contributed by atoms with van der Waals surface area (Å²) in [5.74, 6) is 0.775. The average molecular weight is 415 g/mol. The minimum atomic E-state index is -3.26. The second-order valence-electron chi connectivity index (χ2n) is 7.05.